The van der Waals surface area contributed by atoms with Crippen molar-refractivity contribution >= 4 is 29.1 Å². The number of carbonyl (C=O) groups excluding carboxylic acids is 1. The highest BCUT2D eigenvalue weighted by Crippen LogP contribution is 2.25. The molecule has 0 unspecified atom stereocenters. The van der Waals surface area contributed by atoms with Gasteiger partial charge in [0.15, 0.2) is 4.77 Å². The lowest BCUT2D eigenvalue weighted by atomic mass is 10.1. The molecule has 0 bridgehead atoms. The number of aromatic amines is 1. The standard InChI is InChI=1S/C16H18N2O4S/c1-18-14(19)10-7-6-9(8-11(10)17-16(18)23)15(20)22-13-5-3-4-12(13)21-2/h6-8,12-13H,3-5H2,1-2H3,(H,17,23)/t12-,13+/m0/s1. The van der Waals surface area contributed by atoms with E-state index in [1.165, 1.54) is 4.57 Å². The summed E-state index contributed by atoms with van der Waals surface area (Å²) in [5.74, 6) is -0.416. The molecule has 2 atom stereocenters. The van der Waals surface area contributed by atoms with E-state index in [1.54, 1.807) is 32.4 Å². The fourth-order valence-corrected chi connectivity index (χ4v) is 3.13. The number of carbonyl (C=O) groups is 1. The lowest BCUT2D eigenvalue weighted by Crippen LogP contribution is -2.27. The van der Waals surface area contributed by atoms with Crippen LogP contribution in [0.2, 0.25) is 0 Å². The number of fused-ring (bicyclic) bond motifs is 1. The topological polar surface area (TPSA) is 73.3 Å². The van der Waals surface area contributed by atoms with Crippen molar-refractivity contribution in [3.63, 3.8) is 0 Å². The van der Waals surface area contributed by atoms with Gasteiger partial charge in [0.2, 0.25) is 0 Å². The Balaban J connectivity index is 1.91. The molecule has 1 aliphatic carbocycles. The largest absolute Gasteiger partial charge is 0.456 e. The Hall–Kier alpha value is -1.99. The molecule has 1 aromatic carbocycles. The van der Waals surface area contributed by atoms with E-state index < -0.39 is 5.97 Å². The number of benzene rings is 1. The first-order valence-corrected chi connectivity index (χ1v) is 7.89. The third-order valence-corrected chi connectivity index (χ3v) is 4.67. The maximum Gasteiger partial charge on any atom is 0.338 e. The second-order valence-corrected chi connectivity index (χ2v) is 6.09. The summed E-state index contributed by atoms with van der Waals surface area (Å²) in [6.07, 6.45) is 2.43. The molecule has 0 radical (unpaired) electrons. The molecular formula is C16H18N2O4S. The zero-order chi connectivity index (χ0) is 16.6. The molecule has 0 spiro atoms. The molecule has 1 N–H and O–H groups in total. The Morgan fingerprint density at radius 3 is 2.83 bits per heavy atom. The van der Waals surface area contributed by atoms with Crippen LogP contribution in [0, 0.1) is 4.77 Å². The molecule has 0 aliphatic heterocycles. The number of ether oxygens (including phenoxy) is 2. The van der Waals surface area contributed by atoms with Gasteiger partial charge in [0.05, 0.1) is 22.6 Å². The number of methoxy groups -OCH3 is 1. The fraction of sp³-hybridized carbons (Fsp3) is 0.438. The van der Waals surface area contributed by atoms with Gasteiger partial charge in [0.1, 0.15) is 6.10 Å². The average molecular weight is 334 g/mol. The SMILES string of the molecule is CO[C@H]1CCC[C@H]1OC(=O)c1ccc2c(=O)n(C)c(=S)[nH]c2c1. The van der Waals surface area contributed by atoms with E-state index in [4.69, 9.17) is 21.7 Å². The lowest BCUT2D eigenvalue weighted by molar-refractivity contribution is -0.0206. The van der Waals surface area contributed by atoms with E-state index in [-0.39, 0.29) is 17.8 Å². The quantitative estimate of drug-likeness (QED) is 0.689. The molecule has 7 heteroatoms. The maximum absolute atomic E-state index is 12.3. The highest BCUT2D eigenvalue weighted by Gasteiger charge is 2.30. The van der Waals surface area contributed by atoms with Gasteiger partial charge >= 0.3 is 5.97 Å². The van der Waals surface area contributed by atoms with Crippen molar-refractivity contribution < 1.29 is 14.3 Å². The summed E-state index contributed by atoms with van der Waals surface area (Å²) in [7, 11) is 3.23. The number of H-pyrrole nitrogens is 1. The number of esters is 1. The number of hydrogen-bond donors (Lipinski definition) is 1. The summed E-state index contributed by atoms with van der Waals surface area (Å²) < 4.78 is 12.5. The van der Waals surface area contributed by atoms with Gasteiger partial charge in [-0.2, -0.15) is 0 Å². The van der Waals surface area contributed by atoms with Gasteiger partial charge in [-0.1, -0.05) is 0 Å². The van der Waals surface area contributed by atoms with Crippen molar-refractivity contribution in [3.8, 4) is 0 Å². The molecule has 1 aromatic heterocycles. The molecule has 1 fully saturated rings. The predicted molar refractivity (Wildman–Crippen MR) is 88.2 cm³/mol. The molecule has 3 rings (SSSR count). The van der Waals surface area contributed by atoms with Crippen LogP contribution in [0.25, 0.3) is 10.9 Å². The summed E-state index contributed by atoms with van der Waals surface area (Å²) >= 11 is 5.10. The summed E-state index contributed by atoms with van der Waals surface area (Å²) in [5, 5.41) is 0.480. The average Bonchev–Trinajstić information content (AvgIpc) is 2.99. The van der Waals surface area contributed by atoms with Crippen LogP contribution < -0.4 is 5.56 Å². The van der Waals surface area contributed by atoms with Gasteiger partial charge in [0.25, 0.3) is 5.56 Å². The van der Waals surface area contributed by atoms with Crippen molar-refractivity contribution in [3.05, 3.63) is 38.9 Å². The molecule has 0 amide bonds. The molecule has 6 nitrogen and oxygen atoms in total. The summed E-state index contributed by atoms with van der Waals surface area (Å²) in [6, 6.07) is 4.81. The van der Waals surface area contributed by atoms with Gasteiger partial charge in [-0.3, -0.25) is 9.36 Å². The molecule has 1 heterocycles. The van der Waals surface area contributed by atoms with Crippen LogP contribution in [-0.2, 0) is 16.5 Å². The first-order chi connectivity index (χ1) is 11.0. The van der Waals surface area contributed by atoms with Crippen LogP contribution >= 0.6 is 12.2 Å². The Morgan fingerprint density at radius 2 is 2.09 bits per heavy atom. The molecule has 23 heavy (non-hydrogen) atoms. The second-order valence-electron chi connectivity index (χ2n) is 5.70. The first kappa shape index (κ1) is 15.9. The Kier molecular flexibility index (Phi) is 4.32. The molecule has 2 aromatic rings. The number of aromatic nitrogens is 2. The molecule has 1 aliphatic rings. The third kappa shape index (κ3) is 2.94. The molecule has 0 saturated heterocycles. The van der Waals surface area contributed by atoms with Gasteiger partial charge in [-0.25, -0.2) is 4.79 Å². The lowest BCUT2D eigenvalue weighted by Gasteiger charge is -2.18. The highest BCUT2D eigenvalue weighted by molar-refractivity contribution is 7.71. The Morgan fingerprint density at radius 1 is 1.35 bits per heavy atom. The van der Waals surface area contributed by atoms with E-state index in [1.807, 2.05) is 0 Å². The van der Waals surface area contributed by atoms with E-state index in [0.717, 1.165) is 19.3 Å². The van der Waals surface area contributed by atoms with Crippen molar-refractivity contribution in [2.24, 2.45) is 7.05 Å². The smallest absolute Gasteiger partial charge is 0.338 e. The van der Waals surface area contributed by atoms with Crippen molar-refractivity contribution in [2.75, 3.05) is 7.11 Å². The number of hydrogen-bond acceptors (Lipinski definition) is 5. The van der Waals surface area contributed by atoms with E-state index >= 15 is 0 Å². The van der Waals surface area contributed by atoms with Crippen molar-refractivity contribution in [1.29, 1.82) is 0 Å². The highest BCUT2D eigenvalue weighted by atomic mass is 32.1. The predicted octanol–water partition coefficient (Wildman–Crippen LogP) is 2.32. The van der Waals surface area contributed by atoms with Crippen LogP contribution in [0.3, 0.4) is 0 Å². The van der Waals surface area contributed by atoms with Gasteiger partial charge in [-0.05, 0) is 49.7 Å². The normalized spacial score (nSPS) is 20.8. The molecule has 122 valence electrons. The minimum atomic E-state index is -0.416. The van der Waals surface area contributed by atoms with Gasteiger partial charge in [-0.15, -0.1) is 0 Å². The van der Waals surface area contributed by atoms with Gasteiger partial charge < -0.3 is 14.5 Å². The number of nitrogens with one attached hydrogen (secondary N) is 1. The monoisotopic (exact) mass is 334 g/mol. The van der Waals surface area contributed by atoms with E-state index in [9.17, 15) is 9.59 Å². The van der Waals surface area contributed by atoms with Crippen LogP contribution in [0.4, 0.5) is 0 Å². The Labute approximate surface area is 138 Å². The molecule has 1 saturated carbocycles. The molecular weight excluding hydrogens is 316 g/mol. The number of nitrogens with zero attached hydrogens (tertiary/aromatic N) is 1. The minimum absolute atomic E-state index is 0.0440. The van der Waals surface area contributed by atoms with Crippen LogP contribution in [0.1, 0.15) is 29.6 Å². The maximum atomic E-state index is 12.3. The zero-order valence-corrected chi connectivity index (χ0v) is 13.8. The third-order valence-electron chi connectivity index (χ3n) is 4.29. The van der Waals surface area contributed by atoms with Crippen LogP contribution in [-0.4, -0.2) is 34.8 Å². The van der Waals surface area contributed by atoms with Gasteiger partial charge in [0, 0.05) is 14.2 Å². The number of rotatable bonds is 3. The van der Waals surface area contributed by atoms with Crippen LogP contribution in [0.15, 0.2) is 23.0 Å². The minimum Gasteiger partial charge on any atom is -0.456 e. The summed E-state index contributed by atoms with van der Waals surface area (Å²) in [6.45, 7) is 0. The van der Waals surface area contributed by atoms with E-state index in [2.05, 4.69) is 4.98 Å². The first-order valence-electron chi connectivity index (χ1n) is 7.48. The van der Waals surface area contributed by atoms with E-state index in [0.29, 0.717) is 21.2 Å². The summed E-state index contributed by atoms with van der Waals surface area (Å²) in [5.41, 5.74) is 0.722. The Bertz CT molecular complexity index is 870. The zero-order valence-electron chi connectivity index (χ0n) is 13.0. The second kappa shape index (κ2) is 6.25. The fourth-order valence-electron chi connectivity index (χ4n) is 2.94. The van der Waals surface area contributed by atoms with Crippen molar-refractivity contribution in [2.45, 2.75) is 31.5 Å². The van der Waals surface area contributed by atoms with Crippen molar-refractivity contribution in [1.82, 2.24) is 9.55 Å². The van der Waals surface area contributed by atoms with Crippen LogP contribution in [0.5, 0.6) is 0 Å². The summed E-state index contributed by atoms with van der Waals surface area (Å²) in [4.78, 5) is 27.4.